The van der Waals surface area contributed by atoms with E-state index in [-0.39, 0.29) is 39.8 Å². The topological polar surface area (TPSA) is 95.5 Å². The number of sulfonamides is 1. The van der Waals surface area contributed by atoms with Crippen molar-refractivity contribution >= 4 is 27.4 Å². The Kier molecular flexibility index (Phi) is 5.17. The van der Waals surface area contributed by atoms with E-state index in [0.29, 0.717) is 5.56 Å². The molecule has 33 heavy (non-hydrogen) atoms. The number of allylic oxidation sites excluding steroid dienone is 2. The summed E-state index contributed by atoms with van der Waals surface area (Å²) in [6.45, 7) is 0. The number of hydrogen-bond donors (Lipinski definition) is 3. The van der Waals surface area contributed by atoms with Gasteiger partial charge in [-0.15, -0.1) is 0 Å². The maximum atomic E-state index is 14.5. The number of hydrogen-bond acceptors (Lipinski definition) is 4. The van der Waals surface area contributed by atoms with Crippen LogP contribution in [-0.4, -0.2) is 19.5 Å². The van der Waals surface area contributed by atoms with E-state index in [2.05, 4.69) is 22.2 Å². The first-order valence-electron chi connectivity index (χ1n) is 10.5. The Morgan fingerprint density at radius 2 is 1.79 bits per heavy atom. The second-order valence-corrected chi connectivity index (χ2v) is 9.92. The van der Waals surface area contributed by atoms with Crippen LogP contribution in [0.4, 0.5) is 15.8 Å². The lowest BCUT2D eigenvalue weighted by molar-refractivity contribution is 0.0697. The van der Waals surface area contributed by atoms with Crippen molar-refractivity contribution in [2.75, 3.05) is 10.0 Å². The van der Waals surface area contributed by atoms with Crippen LogP contribution in [0.1, 0.15) is 39.9 Å². The third-order valence-electron chi connectivity index (χ3n) is 6.27. The number of fused-ring (bicyclic) bond motifs is 3. The van der Waals surface area contributed by atoms with Gasteiger partial charge in [0.2, 0.25) is 0 Å². The van der Waals surface area contributed by atoms with Crippen molar-refractivity contribution in [3.63, 3.8) is 0 Å². The van der Waals surface area contributed by atoms with Crippen molar-refractivity contribution in [2.24, 2.45) is 5.92 Å². The van der Waals surface area contributed by atoms with Gasteiger partial charge in [0.15, 0.2) is 0 Å². The van der Waals surface area contributed by atoms with Gasteiger partial charge in [-0.25, -0.2) is 17.6 Å². The van der Waals surface area contributed by atoms with E-state index in [1.165, 1.54) is 36.4 Å². The molecule has 0 fully saturated rings. The zero-order valence-corrected chi connectivity index (χ0v) is 18.2. The van der Waals surface area contributed by atoms with Crippen molar-refractivity contribution in [1.29, 1.82) is 0 Å². The number of rotatable bonds is 5. The molecule has 0 saturated carbocycles. The van der Waals surface area contributed by atoms with Gasteiger partial charge in [-0.1, -0.05) is 30.4 Å². The van der Waals surface area contributed by atoms with Gasteiger partial charge in [-0.05, 0) is 66.4 Å². The van der Waals surface area contributed by atoms with E-state index < -0.39 is 16.0 Å². The van der Waals surface area contributed by atoms with Crippen LogP contribution in [0.3, 0.4) is 0 Å². The van der Waals surface area contributed by atoms with Crippen LogP contribution >= 0.6 is 0 Å². The fourth-order valence-corrected chi connectivity index (χ4v) is 5.76. The number of benzene rings is 3. The molecule has 0 unspecified atom stereocenters. The molecule has 0 bridgehead atoms. The Hall–Kier alpha value is -3.65. The van der Waals surface area contributed by atoms with Gasteiger partial charge in [0.25, 0.3) is 10.0 Å². The molecule has 3 aromatic carbocycles. The van der Waals surface area contributed by atoms with Gasteiger partial charge < -0.3 is 10.4 Å². The van der Waals surface area contributed by atoms with E-state index >= 15 is 0 Å². The Labute approximate surface area is 190 Å². The zero-order chi connectivity index (χ0) is 23.2. The fourth-order valence-electron chi connectivity index (χ4n) is 4.67. The van der Waals surface area contributed by atoms with Crippen LogP contribution in [0, 0.1) is 11.7 Å². The Bertz CT molecular complexity index is 1370. The highest BCUT2D eigenvalue weighted by Gasteiger charge is 2.39. The largest absolute Gasteiger partial charge is 0.478 e. The fraction of sp³-hybridized carbons (Fsp3) is 0.160. The normalized spacial score (nSPS) is 21.1. The summed E-state index contributed by atoms with van der Waals surface area (Å²) < 4.78 is 43.1. The second kappa shape index (κ2) is 8.04. The third-order valence-corrected chi connectivity index (χ3v) is 7.65. The molecule has 0 spiro atoms. The summed E-state index contributed by atoms with van der Waals surface area (Å²) in [7, 11) is -3.89. The van der Waals surface area contributed by atoms with Gasteiger partial charge >= 0.3 is 5.97 Å². The molecular formula is C25H21FN2O4S. The van der Waals surface area contributed by atoms with E-state index in [1.807, 2.05) is 6.07 Å². The lowest BCUT2D eigenvalue weighted by Gasteiger charge is -2.37. The molecule has 168 valence electrons. The van der Waals surface area contributed by atoms with Crippen LogP contribution < -0.4 is 10.0 Å². The van der Waals surface area contributed by atoms with Gasteiger partial charge in [0, 0.05) is 22.9 Å². The summed E-state index contributed by atoms with van der Waals surface area (Å²) in [5.74, 6) is -1.30. The quantitative estimate of drug-likeness (QED) is 0.454. The van der Waals surface area contributed by atoms with Crippen molar-refractivity contribution in [2.45, 2.75) is 23.3 Å². The summed E-state index contributed by atoms with van der Waals surface area (Å²) in [5.41, 5.74) is 2.58. The van der Waals surface area contributed by atoms with E-state index in [1.54, 1.807) is 24.3 Å². The first-order chi connectivity index (χ1) is 15.8. The SMILES string of the molecule is O=C(O)c1ccc(NS(=O)(=O)c2ccc3c(c2)[C@H]2C=CC[C@@H]2[C@H](c2ccccc2F)N3)cc1. The first kappa shape index (κ1) is 21.2. The van der Waals surface area contributed by atoms with Crippen LogP contribution in [-0.2, 0) is 10.0 Å². The van der Waals surface area contributed by atoms with E-state index in [9.17, 15) is 17.6 Å². The molecule has 5 rings (SSSR count). The van der Waals surface area contributed by atoms with Crippen molar-refractivity contribution in [3.05, 3.63) is 101 Å². The van der Waals surface area contributed by atoms with Crippen LogP contribution in [0.25, 0.3) is 0 Å². The number of carbonyl (C=O) groups is 1. The molecule has 0 aromatic heterocycles. The highest BCUT2D eigenvalue weighted by Crippen LogP contribution is 2.50. The number of anilines is 2. The van der Waals surface area contributed by atoms with Crippen molar-refractivity contribution < 1.29 is 22.7 Å². The van der Waals surface area contributed by atoms with Gasteiger partial charge in [-0.3, -0.25) is 4.72 Å². The highest BCUT2D eigenvalue weighted by atomic mass is 32.2. The Balaban J connectivity index is 1.46. The van der Waals surface area contributed by atoms with Crippen molar-refractivity contribution in [1.82, 2.24) is 0 Å². The molecule has 3 aromatic rings. The van der Waals surface area contributed by atoms with Crippen LogP contribution in [0.15, 0.2) is 83.8 Å². The monoisotopic (exact) mass is 464 g/mol. The summed E-state index contributed by atoms with van der Waals surface area (Å²) >= 11 is 0. The summed E-state index contributed by atoms with van der Waals surface area (Å²) in [4.78, 5) is 11.1. The van der Waals surface area contributed by atoms with Gasteiger partial charge in [0.05, 0.1) is 16.5 Å². The van der Waals surface area contributed by atoms with Gasteiger partial charge in [0.1, 0.15) is 5.82 Å². The molecule has 0 amide bonds. The lowest BCUT2D eigenvalue weighted by Crippen LogP contribution is -2.30. The zero-order valence-electron chi connectivity index (χ0n) is 17.4. The highest BCUT2D eigenvalue weighted by molar-refractivity contribution is 7.92. The molecular weight excluding hydrogens is 443 g/mol. The maximum Gasteiger partial charge on any atom is 0.335 e. The summed E-state index contributed by atoms with van der Waals surface area (Å²) in [6, 6.07) is 16.9. The molecule has 1 aliphatic heterocycles. The average Bonchev–Trinajstić information content (AvgIpc) is 3.29. The molecule has 8 heteroatoms. The molecule has 0 saturated heterocycles. The van der Waals surface area contributed by atoms with Crippen molar-refractivity contribution in [3.8, 4) is 0 Å². The number of nitrogens with one attached hydrogen (secondary N) is 2. The summed E-state index contributed by atoms with van der Waals surface area (Å²) in [6.07, 6.45) is 4.89. The Morgan fingerprint density at radius 1 is 1.03 bits per heavy atom. The molecule has 3 N–H and O–H groups in total. The number of carboxylic acid groups (broad SMARTS) is 1. The molecule has 2 aliphatic rings. The standard InChI is InChI=1S/C25H21FN2O4S/c26-22-7-2-1-4-20(22)24-19-6-3-5-18(19)21-14-17(12-13-23(21)27-24)33(31,32)28-16-10-8-15(9-11-16)25(29)30/h1-5,7-14,18-19,24,27-28H,6H2,(H,29,30)/t18-,19-,24+/m0/s1. The Morgan fingerprint density at radius 3 is 2.52 bits per heavy atom. The van der Waals surface area contributed by atoms with Crippen LogP contribution in [0.5, 0.6) is 0 Å². The van der Waals surface area contributed by atoms with E-state index in [0.717, 1.165) is 17.7 Å². The third kappa shape index (κ3) is 3.87. The molecule has 1 heterocycles. The predicted octanol–water partition coefficient (Wildman–Crippen LogP) is 5.15. The minimum Gasteiger partial charge on any atom is -0.478 e. The number of carboxylic acids is 1. The first-order valence-corrected chi connectivity index (χ1v) is 12.0. The summed E-state index contributed by atoms with van der Waals surface area (Å²) in [5, 5.41) is 12.4. The van der Waals surface area contributed by atoms with Gasteiger partial charge in [-0.2, -0.15) is 0 Å². The second-order valence-electron chi connectivity index (χ2n) is 8.23. The molecule has 6 nitrogen and oxygen atoms in total. The molecule has 3 atom stereocenters. The molecule has 0 radical (unpaired) electrons. The minimum absolute atomic E-state index is 0.0316. The predicted molar refractivity (Wildman–Crippen MR) is 123 cm³/mol. The number of aromatic carboxylic acids is 1. The minimum atomic E-state index is -3.89. The smallest absolute Gasteiger partial charge is 0.335 e. The number of halogens is 1. The lowest BCUT2D eigenvalue weighted by atomic mass is 9.77. The average molecular weight is 465 g/mol. The molecule has 1 aliphatic carbocycles. The van der Waals surface area contributed by atoms with E-state index in [4.69, 9.17) is 5.11 Å². The van der Waals surface area contributed by atoms with Crippen LogP contribution in [0.2, 0.25) is 0 Å². The maximum absolute atomic E-state index is 14.5.